The van der Waals surface area contributed by atoms with Crippen LogP contribution in [0.15, 0.2) is 320 Å². The van der Waals surface area contributed by atoms with Crippen LogP contribution in [0.4, 0.5) is 0 Å². The molecule has 496 valence electrons. The van der Waals surface area contributed by atoms with E-state index in [2.05, 4.69) is 231 Å². The lowest BCUT2D eigenvalue weighted by molar-refractivity contribution is 0.669. The molecule has 22 rings (SSSR count). The zero-order valence-corrected chi connectivity index (χ0v) is 59.6. The van der Waals surface area contributed by atoms with Crippen molar-refractivity contribution in [3.63, 3.8) is 0 Å². The number of rotatable bonds is 10. The highest BCUT2D eigenvalue weighted by molar-refractivity contribution is 7.27. The van der Waals surface area contributed by atoms with E-state index in [1.165, 1.54) is 88.9 Å². The summed E-state index contributed by atoms with van der Waals surface area (Å²) < 4.78 is 13.5. The van der Waals surface area contributed by atoms with Crippen molar-refractivity contribution in [1.82, 2.24) is 39.9 Å². The topological polar surface area (TPSA) is 116 Å². The molecule has 9 nitrogen and oxygen atoms in total. The Kier molecular flexibility index (Phi) is 14.9. The molecule has 0 spiro atoms. The Bertz CT molecular complexity index is 6990. The summed E-state index contributed by atoms with van der Waals surface area (Å²) >= 11 is 7.09. The third-order valence-corrected chi connectivity index (χ3v) is 24.6. The Balaban J connectivity index is 0.000000136. The van der Waals surface area contributed by atoms with Gasteiger partial charge in [-0.2, -0.15) is 0 Å². The second kappa shape index (κ2) is 25.5. The van der Waals surface area contributed by atoms with E-state index in [0.29, 0.717) is 34.9 Å². The van der Waals surface area contributed by atoms with Gasteiger partial charge in [-0.3, -0.25) is 0 Å². The first-order chi connectivity index (χ1) is 52.5. The molecule has 0 radical (unpaired) electrons. The summed E-state index contributed by atoms with van der Waals surface area (Å²) in [5.41, 5.74) is 21.7. The van der Waals surface area contributed by atoms with Gasteiger partial charge < -0.3 is 4.42 Å². The fraction of sp³-hybridized carbons (Fsp3) is 0.0108. The minimum Gasteiger partial charge on any atom is -0.456 e. The second-order valence-electron chi connectivity index (χ2n) is 26.4. The summed E-state index contributed by atoms with van der Waals surface area (Å²) in [4.78, 5) is 40.5. The number of benzene rings is 14. The fourth-order valence-electron chi connectivity index (χ4n) is 14.9. The van der Waals surface area contributed by atoms with E-state index >= 15 is 0 Å². The minimum atomic E-state index is 0.599. The third kappa shape index (κ3) is 10.9. The van der Waals surface area contributed by atoms with Gasteiger partial charge >= 0.3 is 0 Å². The first-order valence-electron chi connectivity index (χ1n) is 35.1. The molecular weight excluding hydrogens is 1370 g/mol. The highest BCUT2D eigenvalue weighted by atomic mass is 32.1. The van der Waals surface area contributed by atoms with Crippen LogP contribution in [0.1, 0.15) is 11.1 Å². The van der Waals surface area contributed by atoms with Crippen LogP contribution in [0.25, 0.3) is 206 Å². The molecule has 7 aromatic heterocycles. The van der Waals surface area contributed by atoms with Crippen LogP contribution >= 0.6 is 45.3 Å². The van der Waals surface area contributed by atoms with E-state index < -0.39 is 0 Å². The number of hydrogen-bond acceptors (Lipinski definition) is 13. The number of furan rings is 1. The van der Waals surface area contributed by atoms with Gasteiger partial charge in [0.15, 0.2) is 34.9 Å². The summed E-state index contributed by atoms with van der Waals surface area (Å²) in [5.74, 6) is 3.87. The van der Waals surface area contributed by atoms with Gasteiger partial charge in [0.2, 0.25) is 0 Å². The molecule has 106 heavy (non-hydrogen) atoms. The van der Waals surface area contributed by atoms with E-state index in [-0.39, 0.29) is 0 Å². The quantitative estimate of drug-likeness (QED) is 0.132. The van der Waals surface area contributed by atoms with Crippen molar-refractivity contribution >= 4 is 128 Å². The second-order valence-corrected chi connectivity index (χ2v) is 30.6. The van der Waals surface area contributed by atoms with Crippen LogP contribution in [-0.4, -0.2) is 39.9 Å². The third-order valence-electron chi connectivity index (χ3n) is 20.0. The normalized spacial score (nSPS) is 11.9. The van der Waals surface area contributed by atoms with Crippen LogP contribution in [0, 0.1) is 0 Å². The standard InChI is InChI=1S/C47H28N4S2.C46H26N4OS2/c1-2-10-29(11-3-1)44-49-45(33-25-24-32-26-31-12-4-5-13-34(31)38(32)27-33)51-46(50-44)37-16-9-19-41-42(37)36-15-8-14-35(43(36)52-41)28-20-22-30(23-21-28)47-48-39-17-6-7-18-40(39)53-47;1-2-10-28(11-3-1)43-48-44(30-24-25-33-32-12-4-6-17-37(32)51-38(33)26-30)50-45(49-43)35-15-9-19-40-41(35)34-14-8-13-31(42(34)52-40)27-20-22-29(23-21-27)46-47-36-16-5-7-18-39(36)53-46/h1-25,27H,26H2;1-26H. The number of para-hydroxylation sites is 3. The molecule has 0 unspecified atom stereocenters. The predicted molar refractivity (Wildman–Crippen MR) is 442 cm³/mol. The van der Waals surface area contributed by atoms with Gasteiger partial charge in [0.05, 0.1) is 20.4 Å². The molecule has 14 aromatic carbocycles. The average molecular weight is 1430 g/mol. The van der Waals surface area contributed by atoms with Crippen LogP contribution in [0.3, 0.4) is 0 Å². The molecule has 1 aliphatic rings. The van der Waals surface area contributed by atoms with Crippen LogP contribution in [-0.2, 0) is 6.42 Å². The number of hydrogen-bond donors (Lipinski definition) is 0. The molecule has 0 aliphatic heterocycles. The smallest absolute Gasteiger partial charge is 0.164 e. The van der Waals surface area contributed by atoms with Gasteiger partial charge in [-0.05, 0) is 112 Å². The number of thiophene rings is 2. The Morgan fingerprint density at radius 1 is 0.226 bits per heavy atom. The Labute approximate surface area is 623 Å². The monoisotopic (exact) mass is 1430 g/mol. The molecule has 13 heteroatoms. The lowest BCUT2D eigenvalue weighted by Crippen LogP contribution is -2.00. The zero-order chi connectivity index (χ0) is 69.8. The van der Waals surface area contributed by atoms with Gasteiger partial charge in [-0.25, -0.2) is 39.9 Å². The maximum absolute atomic E-state index is 6.26. The van der Waals surface area contributed by atoms with Crippen molar-refractivity contribution in [2.45, 2.75) is 6.42 Å². The summed E-state index contributed by atoms with van der Waals surface area (Å²) in [6.07, 6.45) is 0.950. The summed E-state index contributed by atoms with van der Waals surface area (Å²) in [5, 5.41) is 8.92. The lowest BCUT2D eigenvalue weighted by atomic mass is 9.99. The fourth-order valence-corrected chi connectivity index (χ4v) is 19.4. The maximum atomic E-state index is 6.26. The molecule has 7 heterocycles. The van der Waals surface area contributed by atoms with Gasteiger partial charge in [0, 0.05) is 95.6 Å². The van der Waals surface area contributed by atoms with E-state index in [1.54, 1.807) is 34.0 Å². The largest absolute Gasteiger partial charge is 0.456 e. The van der Waals surface area contributed by atoms with Crippen molar-refractivity contribution in [3.8, 4) is 123 Å². The van der Waals surface area contributed by atoms with E-state index in [0.717, 1.165) is 99.3 Å². The number of nitrogens with zero attached hydrogens (tertiary/aromatic N) is 8. The molecule has 0 atom stereocenters. The maximum Gasteiger partial charge on any atom is 0.164 e. The molecule has 0 fully saturated rings. The van der Waals surface area contributed by atoms with E-state index in [4.69, 9.17) is 44.3 Å². The molecule has 0 amide bonds. The summed E-state index contributed by atoms with van der Waals surface area (Å²) in [7, 11) is 0. The Morgan fingerprint density at radius 3 is 1.19 bits per heavy atom. The zero-order valence-electron chi connectivity index (χ0n) is 56.3. The van der Waals surface area contributed by atoms with Gasteiger partial charge in [0.1, 0.15) is 21.2 Å². The predicted octanol–water partition coefficient (Wildman–Crippen LogP) is 25.8. The molecular formula is C93H54N8OS4. The molecule has 0 N–H and O–H groups in total. The molecule has 21 aromatic rings. The number of aromatic nitrogens is 8. The van der Waals surface area contributed by atoms with Crippen molar-refractivity contribution in [2.75, 3.05) is 0 Å². The Hall–Kier alpha value is -12.9. The van der Waals surface area contributed by atoms with Gasteiger partial charge in [0.25, 0.3) is 0 Å². The minimum absolute atomic E-state index is 0.599. The van der Waals surface area contributed by atoms with Crippen molar-refractivity contribution in [3.05, 3.63) is 327 Å². The molecule has 0 saturated carbocycles. The van der Waals surface area contributed by atoms with Crippen molar-refractivity contribution < 1.29 is 4.42 Å². The molecule has 1 aliphatic carbocycles. The average Bonchev–Trinajstić information content (AvgIpc) is 1.57. The molecule has 0 bridgehead atoms. The number of thiazole rings is 2. The van der Waals surface area contributed by atoms with Crippen molar-refractivity contribution in [1.29, 1.82) is 0 Å². The lowest BCUT2D eigenvalue weighted by Gasteiger charge is -2.11. The van der Waals surface area contributed by atoms with Gasteiger partial charge in [-0.1, -0.05) is 255 Å². The summed E-state index contributed by atoms with van der Waals surface area (Å²) in [6.45, 7) is 0. The Morgan fingerprint density at radius 2 is 0.623 bits per heavy atom. The van der Waals surface area contributed by atoms with E-state index in [9.17, 15) is 0 Å². The first kappa shape index (κ1) is 61.8. The van der Waals surface area contributed by atoms with Crippen LogP contribution < -0.4 is 0 Å². The number of fused-ring (bicyclic) bond motifs is 14. The van der Waals surface area contributed by atoms with Crippen molar-refractivity contribution in [2.24, 2.45) is 0 Å². The molecule has 0 saturated heterocycles. The highest BCUT2D eigenvalue weighted by Gasteiger charge is 2.24. The summed E-state index contributed by atoms with van der Waals surface area (Å²) in [6, 6.07) is 110. The van der Waals surface area contributed by atoms with Crippen LogP contribution in [0.5, 0.6) is 0 Å². The highest BCUT2D eigenvalue weighted by Crippen LogP contribution is 2.48. The van der Waals surface area contributed by atoms with E-state index in [1.807, 2.05) is 96.3 Å². The van der Waals surface area contributed by atoms with Gasteiger partial charge in [-0.15, -0.1) is 45.3 Å². The first-order valence-corrected chi connectivity index (χ1v) is 38.3. The van der Waals surface area contributed by atoms with Crippen LogP contribution in [0.2, 0.25) is 0 Å². The SMILES string of the molecule is c1ccc(-c2nc(-c3ccc4c(c3)-c3ccccc3C4)nc(-c3cccc4sc5c(-c6ccc(-c7nc8ccccc8s7)cc6)cccc5c34)n2)cc1.c1ccc(-c2nc(-c3ccc4c(c3)oc3ccccc34)nc(-c3cccc4sc5c(-c6ccc(-c7nc8ccccc8s7)cc6)cccc5c34)n2)cc1.